The molecule has 10 heteroatoms. The minimum Gasteiger partial charge on any atom is -0.384 e. The third-order valence-electron chi connectivity index (χ3n) is 6.80. The van der Waals surface area contributed by atoms with Crippen molar-refractivity contribution in [1.29, 1.82) is 5.41 Å². The average molecular weight is 495 g/mol. The highest BCUT2D eigenvalue weighted by molar-refractivity contribution is 5.94. The highest BCUT2D eigenvalue weighted by Gasteiger charge is 2.33. The minimum atomic E-state index is -0.611. The van der Waals surface area contributed by atoms with E-state index in [0.29, 0.717) is 37.6 Å². The maximum absolute atomic E-state index is 13.4. The molecule has 4 rings (SSSR count). The molecule has 3 heterocycles. The van der Waals surface area contributed by atoms with Crippen LogP contribution >= 0.6 is 0 Å². The molecule has 0 bridgehead atoms. The number of carbonyl (C=O) groups is 2. The summed E-state index contributed by atoms with van der Waals surface area (Å²) in [6, 6.07) is 9.42. The summed E-state index contributed by atoms with van der Waals surface area (Å²) < 4.78 is 1.50. The lowest BCUT2D eigenvalue weighted by Gasteiger charge is -2.35. The first-order valence-corrected chi connectivity index (χ1v) is 12.6. The molecule has 1 atom stereocenters. The third-order valence-corrected chi connectivity index (χ3v) is 6.80. The highest BCUT2D eigenvalue weighted by Crippen LogP contribution is 2.27. The van der Waals surface area contributed by atoms with Gasteiger partial charge in [0.25, 0.3) is 5.91 Å². The fraction of sp³-hybridized carbons (Fsp3) is 0.538. The number of rotatable bonds is 5. The summed E-state index contributed by atoms with van der Waals surface area (Å²) in [5, 5.41) is 15.8. The molecule has 0 aliphatic carbocycles. The second-order valence-electron chi connectivity index (χ2n) is 10.8. The smallest absolute Gasteiger partial charge is 0.320 e. The fourth-order valence-electron chi connectivity index (χ4n) is 4.67. The number of amides is 2. The van der Waals surface area contributed by atoms with E-state index in [0.717, 1.165) is 37.2 Å². The lowest BCUT2D eigenvalue weighted by Crippen LogP contribution is -2.52. The number of benzene rings is 1. The Balaban J connectivity index is 1.58. The second-order valence-corrected chi connectivity index (χ2v) is 10.8. The zero-order valence-electron chi connectivity index (χ0n) is 21.8. The molecule has 10 nitrogen and oxygen atoms in total. The number of hydrogen-bond donors (Lipinski definition) is 3. The van der Waals surface area contributed by atoms with Crippen molar-refractivity contribution in [1.82, 2.24) is 24.9 Å². The standard InChI is InChI=1S/C26H38N8O2/c1-26(2,3)24(35)34-22(31(4)16-18-7-9-19(10-8-18)23(27)28)15-20(30-34)21-17-33(14-11-29-21)25(36)32-12-5-6-13-32/h7-10,15,21,29H,5-6,11-14,16-17H2,1-4H3,(H3,27,28). The van der Waals surface area contributed by atoms with Gasteiger partial charge in [-0.05, 0) is 18.4 Å². The van der Waals surface area contributed by atoms with Crippen LogP contribution in [0.15, 0.2) is 30.3 Å². The first-order valence-electron chi connectivity index (χ1n) is 12.6. The lowest BCUT2D eigenvalue weighted by molar-refractivity contribution is 0.0749. The zero-order chi connectivity index (χ0) is 26.0. The van der Waals surface area contributed by atoms with E-state index in [9.17, 15) is 9.59 Å². The lowest BCUT2D eigenvalue weighted by atomic mass is 9.96. The van der Waals surface area contributed by atoms with Gasteiger partial charge in [0, 0.05) is 63.4 Å². The Morgan fingerprint density at radius 3 is 2.42 bits per heavy atom. The summed E-state index contributed by atoms with van der Waals surface area (Å²) in [5.74, 6) is 0.638. The number of likely N-dealkylation sites (tertiary alicyclic amines) is 1. The Morgan fingerprint density at radius 1 is 1.14 bits per heavy atom. The van der Waals surface area contributed by atoms with Gasteiger partial charge in [-0.15, -0.1) is 0 Å². The van der Waals surface area contributed by atoms with Gasteiger partial charge >= 0.3 is 6.03 Å². The van der Waals surface area contributed by atoms with E-state index >= 15 is 0 Å². The number of amidine groups is 1. The summed E-state index contributed by atoms with van der Waals surface area (Å²) in [6.45, 7) is 9.72. The fourth-order valence-corrected chi connectivity index (χ4v) is 4.67. The van der Waals surface area contributed by atoms with E-state index in [1.54, 1.807) is 0 Å². The number of nitrogens with two attached hydrogens (primary N) is 1. The SMILES string of the molecule is CN(Cc1ccc(C(=N)N)cc1)c1cc(C2CN(C(=O)N3CCCC3)CCN2)nn1C(=O)C(C)(C)C. The molecule has 0 spiro atoms. The van der Waals surface area contributed by atoms with Crippen molar-refractivity contribution in [2.45, 2.75) is 46.2 Å². The quantitative estimate of drug-likeness (QED) is 0.434. The maximum atomic E-state index is 13.4. The molecule has 2 aliphatic heterocycles. The van der Waals surface area contributed by atoms with Crippen LogP contribution in [0.1, 0.15) is 61.3 Å². The molecular formula is C26H38N8O2. The largest absolute Gasteiger partial charge is 0.384 e. The van der Waals surface area contributed by atoms with Gasteiger partial charge in [0.15, 0.2) is 0 Å². The third kappa shape index (κ3) is 5.53. The number of urea groups is 1. The number of carbonyl (C=O) groups excluding carboxylic acids is 2. The van der Waals surface area contributed by atoms with Gasteiger partial charge in [-0.3, -0.25) is 10.2 Å². The molecule has 2 aliphatic rings. The predicted octanol–water partition coefficient (Wildman–Crippen LogP) is 2.65. The summed E-state index contributed by atoms with van der Waals surface area (Å²) >= 11 is 0. The van der Waals surface area contributed by atoms with Crippen LogP contribution in [0, 0.1) is 10.8 Å². The number of nitrogens with one attached hydrogen (secondary N) is 2. The number of piperazine rings is 1. The van der Waals surface area contributed by atoms with E-state index < -0.39 is 5.41 Å². The van der Waals surface area contributed by atoms with Crippen molar-refractivity contribution in [3.8, 4) is 0 Å². The molecular weight excluding hydrogens is 456 g/mol. The van der Waals surface area contributed by atoms with Crippen LogP contribution in [0.3, 0.4) is 0 Å². The number of aromatic nitrogens is 2. The zero-order valence-corrected chi connectivity index (χ0v) is 21.8. The monoisotopic (exact) mass is 494 g/mol. The molecule has 2 saturated heterocycles. The first-order chi connectivity index (χ1) is 17.0. The van der Waals surface area contributed by atoms with Gasteiger partial charge < -0.3 is 25.8 Å². The first kappa shape index (κ1) is 25.7. The van der Waals surface area contributed by atoms with Gasteiger partial charge in [0.1, 0.15) is 11.7 Å². The maximum Gasteiger partial charge on any atom is 0.320 e. The van der Waals surface area contributed by atoms with Gasteiger partial charge in [-0.1, -0.05) is 45.0 Å². The minimum absolute atomic E-state index is 0.0330. The van der Waals surface area contributed by atoms with Crippen molar-refractivity contribution in [2.75, 3.05) is 44.7 Å². The van der Waals surface area contributed by atoms with Crippen molar-refractivity contribution in [3.63, 3.8) is 0 Å². The van der Waals surface area contributed by atoms with Crippen LogP contribution in [0.2, 0.25) is 0 Å². The van der Waals surface area contributed by atoms with Gasteiger partial charge in [0.05, 0.1) is 11.7 Å². The Hall–Kier alpha value is -3.40. The van der Waals surface area contributed by atoms with Gasteiger partial charge in [0.2, 0.25) is 0 Å². The Labute approximate surface area is 212 Å². The van der Waals surface area contributed by atoms with E-state index in [1.807, 2.05) is 72.9 Å². The van der Waals surface area contributed by atoms with E-state index in [1.165, 1.54) is 4.68 Å². The summed E-state index contributed by atoms with van der Waals surface area (Å²) in [5.41, 5.74) is 7.42. The van der Waals surface area contributed by atoms with Crippen LogP contribution in [-0.4, -0.2) is 77.1 Å². The normalized spacial score (nSPS) is 18.4. The summed E-state index contributed by atoms with van der Waals surface area (Å²) in [4.78, 5) is 32.2. The molecule has 0 radical (unpaired) electrons. The molecule has 36 heavy (non-hydrogen) atoms. The van der Waals surface area contributed by atoms with E-state index in [-0.39, 0.29) is 23.8 Å². The van der Waals surface area contributed by atoms with Crippen molar-refractivity contribution in [3.05, 3.63) is 47.2 Å². The number of anilines is 1. The van der Waals surface area contributed by atoms with Gasteiger partial charge in [-0.2, -0.15) is 9.78 Å². The molecule has 1 unspecified atom stereocenters. The molecule has 1 aromatic carbocycles. The molecule has 4 N–H and O–H groups in total. The van der Waals surface area contributed by atoms with Crippen molar-refractivity contribution >= 4 is 23.6 Å². The molecule has 1 aromatic heterocycles. The van der Waals surface area contributed by atoms with Crippen LogP contribution in [0.25, 0.3) is 0 Å². The molecule has 2 fully saturated rings. The average Bonchev–Trinajstić information content (AvgIpc) is 3.53. The van der Waals surface area contributed by atoms with E-state index in [2.05, 4.69) is 5.32 Å². The van der Waals surface area contributed by atoms with Crippen LogP contribution in [-0.2, 0) is 6.54 Å². The second kappa shape index (κ2) is 10.3. The van der Waals surface area contributed by atoms with Crippen LogP contribution in [0.4, 0.5) is 10.6 Å². The Morgan fingerprint density at radius 2 is 1.81 bits per heavy atom. The molecule has 194 valence electrons. The number of hydrogen-bond acceptors (Lipinski definition) is 6. The summed E-state index contributed by atoms with van der Waals surface area (Å²) in [7, 11) is 1.93. The Bertz CT molecular complexity index is 1110. The molecule has 0 saturated carbocycles. The number of nitrogen functional groups attached to an aromatic ring is 1. The Kier molecular flexibility index (Phi) is 7.35. The van der Waals surface area contributed by atoms with Gasteiger partial charge in [-0.25, -0.2) is 4.79 Å². The molecule has 2 amide bonds. The van der Waals surface area contributed by atoms with Crippen LogP contribution in [0.5, 0.6) is 0 Å². The van der Waals surface area contributed by atoms with Crippen LogP contribution < -0.4 is 16.0 Å². The van der Waals surface area contributed by atoms with Crippen molar-refractivity contribution < 1.29 is 9.59 Å². The highest BCUT2D eigenvalue weighted by atomic mass is 16.2. The molecule has 2 aromatic rings. The van der Waals surface area contributed by atoms with Crippen molar-refractivity contribution in [2.24, 2.45) is 11.1 Å². The summed E-state index contributed by atoms with van der Waals surface area (Å²) in [6.07, 6.45) is 2.13. The topological polar surface area (TPSA) is 124 Å². The van der Waals surface area contributed by atoms with E-state index in [4.69, 9.17) is 16.2 Å². The number of nitrogens with zero attached hydrogens (tertiary/aromatic N) is 5. The predicted molar refractivity (Wildman–Crippen MR) is 140 cm³/mol.